The molecule has 0 heterocycles. The number of hydrogen-bond acceptors (Lipinski definition) is 4. The number of carboxylic acids is 2. The highest BCUT2D eigenvalue weighted by Gasteiger charge is 2.29. The molecule has 1 atom stereocenters. The van der Waals surface area contributed by atoms with E-state index >= 15 is 0 Å². The second-order valence-electron chi connectivity index (χ2n) is 6.29. The summed E-state index contributed by atoms with van der Waals surface area (Å²) < 4.78 is 5.27. The number of ether oxygens (including phenoxy) is 1. The summed E-state index contributed by atoms with van der Waals surface area (Å²) in [6.45, 7) is 0.0606. The zero-order chi connectivity index (χ0) is 19.4. The minimum absolute atomic E-state index is 0.0606. The summed E-state index contributed by atoms with van der Waals surface area (Å²) in [5.41, 5.74) is 4.28. The van der Waals surface area contributed by atoms with Crippen LogP contribution in [0.2, 0.25) is 0 Å². The lowest BCUT2D eigenvalue weighted by Gasteiger charge is -2.17. The van der Waals surface area contributed by atoms with E-state index in [1.54, 1.807) is 0 Å². The number of carbonyl (C=O) groups is 3. The molecule has 2 aromatic carbocycles. The average molecular weight is 370 g/mol. The van der Waals surface area contributed by atoms with Gasteiger partial charge >= 0.3 is 18.0 Å². The number of hydrogen-bond donors (Lipinski definition) is 3. The second-order valence-corrected chi connectivity index (χ2v) is 6.29. The van der Waals surface area contributed by atoms with Crippen LogP contribution in [0, 0.1) is 0 Å². The van der Waals surface area contributed by atoms with Crippen molar-refractivity contribution in [2.24, 2.45) is 0 Å². The largest absolute Gasteiger partial charge is 0.481 e. The average Bonchev–Trinajstić information content (AvgIpc) is 2.97. The van der Waals surface area contributed by atoms with Crippen molar-refractivity contribution in [2.75, 3.05) is 6.61 Å². The van der Waals surface area contributed by atoms with Crippen LogP contribution in [0.5, 0.6) is 0 Å². The first-order valence-corrected chi connectivity index (χ1v) is 8.53. The number of benzene rings is 2. The molecule has 3 rings (SSSR count). The molecule has 1 amide bonds. The Morgan fingerprint density at radius 3 is 2.04 bits per heavy atom. The molecule has 0 radical (unpaired) electrons. The van der Waals surface area contributed by atoms with Crippen LogP contribution >= 0.6 is 0 Å². The third-order valence-electron chi connectivity index (χ3n) is 4.58. The van der Waals surface area contributed by atoms with Gasteiger partial charge in [0.25, 0.3) is 0 Å². The van der Waals surface area contributed by atoms with E-state index in [0.29, 0.717) is 0 Å². The van der Waals surface area contributed by atoms with Gasteiger partial charge in [-0.15, -0.1) is 0 Å². The Hall–Kier alpha value is -3.35. The first-order chi connectivity index (χ1) is 13.0. The molecule has 1 aliphatic rings. The highest BCUT2D eigenvalue weighted by atomic mass is 16.6. The number of aliphatic carboxylic acids is 2. The third kappa shape index (κ3) is 4.08. The van der Waals surface area contributed by atoms with Gasteiger partial charge in [0, 0.05) is 12.3 Å². The lowest BCUT2D eigenvalue weighted by molar-refractivity contribution is -0.140. The normalized spacial score (nSPS) is 13.3. The van der Waals surface area contributed by atoms with Crippen molar-refractivity contribution in [1.29, 1.82) is 0 Å². The highest BCUT2D eigenvalue weighted by molar-refractivity contribution is 5.81. The Balaban J connectivity index is 1.67. The monoisotopic (exact) mass is 370 g/mol. The van der Waals surface area contributed by atoms with Crippen molar-refractivity contribution in [1.82, 2.24) is 5.32 Å². The molecule has 2 aromatic rings. The summed E-state index contributed by atoms with van der Waals surface area (Å²) >= 11 is 0. The van der Waals surface area contributed by atoms with Crippen LogP contribution in [0.3, 0.4) is 0 Å². The van der Waals surface area contributed by atoms with E-state index < -0.39 is 24.1 Å². The smallest absolute Gasteiger partial charge is 0.407 e. The van der Waals surface area contributed by atoms with Gasteiger partial charge in [0.05, 0.1) is 0 Å². The number of nitrogens with one attached hydrogen (secondary N) is 1. The zero-order valence-corrected chi connectivity index (χ0v) is 14.4. The molecule has 7 nitrogen and oxygen atoms in total. The second kappa shape index (κ2) is 7.90. The molecule has 0 unspecified atom stereocenters. The van der Waals surface area contributed by atoms with Crippen LogP contribution in [0.1, 0.15) is 29.9 Å². The van der Waals surface area contributed by atoms with Gasteiger partial charge < -0.3 is 20.3 Å². The molecule has 27 heavy (non-hydrogen) atoms. The van der Waals surface area contributed by atoms with Crippen molar-refractivity contribution < 1.29 is 29.3 Å². The number of carbonyl (C=O) groups excluding carboxylic acids is 1. The number of alkyl carbamates (subject to hydrolysis) is 1. The van der Waals surface area contributed by atoms with Crippen LogP contribution in [-0.4, -0.2) is 40.9 Å². The van der Waals surface area contributed by atoms with Gasteiger partial charge in [-0.3, -0.25) is 4.79 Å². The van der Waals surface area contributed by atoms with Crippen molar-refractivity contribution in [3.8, 4) is 11.1 Å². The van der Waals surface area contributed by atoms with Gasteiger partial charge in [-0.1, -0.05) is 48.5 Å². The van der Waals surface area contributed by atoms with Crippen LogP contribution in [-0.2, 0) is 14.3 Å². The van der Waals surface area contributed by atoms with E-state index in [1.807, 2.05) is 48.5 Å². The van der Waals surface area contributed by atoms with E-state index in [9.17, 15) is 14.4 Å². The van der Waals surface area contributed by atoms with Crippen molar-refractivity contribution >= 4 is 18.0 Å². The molecule has 0 fully saturated rings. The number of rotatable bonds is 7. The summed E-state index contributed by atoms with van der Waals surface area (Å²) in [4.78, 5) is 33.8. The fourth-order valence-corrected chi connectivity index (χ4v) is 3.31. The molecule has 3 N–H and O–H groups in total. The third-order valence-corrected chi connectivity index (χ3v) is 4.58. The topological polar surface area (TPSA) is 113 Å². The Bertz CT molecular complexity index is 833. The molecule has 0 spiro atoms. The molecule has 7 heteroatoms. The summed E-state index contributed by atoms with van der Waals surface area (Å²) in [6.07, 6.45) is -1.45. The van der Waals surface area contributed by atoms with Crippen LogP contribution < -0.4 is 5.32 Å². The molecule has 0 aliphatic heterocycles. The van der Waals surface area contributed by atoms with Gasteiger partial charge in [-0.2, -0.15) is 0 Å². The van der Waals surface area contributed by atoms with E-state index in [2.05, 4.69) is 5.32 Å². The molecule has 0 bridgehead atoms. The zero-order valence-electron chi connectivity index (χ0n) is 14.4. The molecule has 140 valence electrons. The van der Waals surface area contributed by atoms with Gasteiger partial charge in [-0.25, -0.2) is 9.59 Å². The van der Waals surface area contributed by atoms with Gasteiger partial charge in [0.15, 0.2) is 0 Å². The maximum Gasteiger partial charge on any atom is 0.407 e. The summed E-state index contributed by atoms with van der Waals surface area (Å²) in [5.74, 6) is -2.56. The Morgan fingerprint density at radius 2 is 1.52 bits per heavy atom. The quantitative estimate of drug-likeness (QED) is 0.646. The predicted octanol–water partition coefficient (Wildman–Crippen LogP) is 2.84. The van der Waals surface area contributed by atoms with Crippen molar-refractivity contribution in [3.05, 3.63) is 59.7 Å². The summed E-state index contributed by atoms with van der Waals surface area (Å²) in [7, 11) is 0. The van der Waals surface area contributed by atoms with Gasteiger partial charge in [0.1, 0.15) is 12.6 Å². The summed E-state index contributed by atoms with van der Waals surface area (Å²) in [5, 5.41) is 20.0. The first kappa shape index (κ1) is 18.4. The highest BCUT2D eigenvalue weighted by Crippen LogP contribution is 2.44. The number of amides is 1. The minimum Gasteiger partial charge on any atom is -0.481 e. The van der Waals surface area contributed by atoms with E-state index in [1.165, 1.54) is 0 Å². The van der Waals surface area contributed by atoms with Crippen LogP contribution in [0.15, 0.2) is 48.5 Å². The fourth-order valence-electron chi connectivity index (χ4n) is 3.31. The first-order valence-electron chi connectivity index (χ1n) is 8.53. The molecular weight excluding hydrogens is 351 g/mol. The molecule has 0 saturated heterocycles. The van der Waals surface area contributed by atoms with Gasteiger partial charge in [-0.05, 0) is 28.7 Å². The maximum absolute atomic E-state index is 12.0. The fraction of sp³-hybridized carbons (Fsp3) is 0.250. The van der Waals surface area contributed by atoms with Crippen LogP contribution in [0.25, 0.3) is 11.1 Å². The van der Waals surface area contributed by atoms with E-state index in [-0.39, 0.29) is 25.4 Å². The lowest BCUT2D eigenvalue weighted by atomic mass is 9.98. The molecule has 0 saturated carbocycles. The van der Waals surface area contributed by atoms with Gasteiger partial charge in [0.2, 0.25) is 0 Å². The molecular formula is C20H19NO6. The summed E-state index contributed by atoms with van der Waals surface area (Å²) in [6, 6.07) is 14.4. The van der Waals surface area contributed by atoms with E-state index in [0.717, 1.165) is 22.3 Å². The lowest BCUT2D eigenvalue weighted by Crippen LogP contribution is -2.41. The van der Waals surface area contributed by atoms with Crippen molar-refractivity contribution in [2.45, 2.75) is 24.8 Å². The predicted molar refractivity (Wildman–Crippen MR) is 96.5 cm³/mol. The maximum atomic E-state index is 12.0. The Morgan fingerprint density at radius 1 is 0.963 bits per heavy atom. The minimum atomic E-state index is -1.31. The molecule has 1 aliphatic carbocycles. The number of carboxylic acid groups (broad SMARTS) is 2. The van der Waals surface area contributed by atoms with Crippen molar-refractivity contribution in [3.63, 3.8) is 0 Å². The van der Waals surface area contributed by atoms with E-state index in [4.69, 9.17) is 14.9 Å². The Kier molecular flexibility index (Phi) is 5.40. The number of fused-ring (bicyclic) bond motifs is 3. The standard InChI is InChI=1S/C20H19NO6/c22-18(23)10-9-17(19(24)25)21-20(26)27-11-16-14-7-3-1-5-12(14)13-6-2-4-8-15(13)16/h1-8,16-17H,9-11H2,(H,21,26)(H,22,23)(H,24,25)/t17-/m0/s1/i21+1. The SMILES string of the molecule is O=C(O)CC[C@H]([15NH]C(=O)OCC1c2ccccc2-c2ccccc21)C(=O)O. The Labute approximate surface area is 155 Å². The molecule has 0 aromatic heterocycles. The van der Waals surface area contributed by atoms with Crippen LogP contribution in [0.4, 0.5) is 4.79 Å².